The maximum absolute atomic E-state index is 11.3. The van der Waals surface area contributed by atoms with Gasteiger partial charge in [0.25, 0.3) is 0 Å². The van der Waals surface area contributed by atoms with Gasteiger partial charge in [-0.25, -0.2) is 9.78 Å². The third kappa shape index (κ3) is 2.84. The van der Waals surface area contributed by atoms with E-state index in [1.807, 2.05) is 19.9 Å². The summed E-state index contributed by atoms with van der Waals surface area (Å²) in [5, 5.41) is 19.8. The second-order valence-electron chi connectivity index (χ2n) is 5.82. The molecule has 1 aliphatic heterocycles. The number of rotatable bonds is 1. The number of pyridine rings is 2. The lowest BCUT2D eigenvalue weighted by molar-refractivity contribution is 0.0982. The zero-order valence-corrected chi connectivity index (χ0v) is 13.5. The number of anilines is 1. The average Bonchev–Trinajstić information content (AvgIpc) is 2.45. The number of carbonyl (C=O) groups is 1. The molecule has 1 fully saturated rings. The molecule has 1 saturated heterocycles. The van der Waals surface area contributed by atoms with Crippen molar-refractivity contribution in [1.82, 2.24) is 14.9 Å². The molecule has 7 nitrogen and oxygen atoms in total. The minimum absolute atomic E-state index is 0.125. The molecule has 0 spiro atoms. The molecule has 1 aliphatic rings. The van der Waals surface area contributed by atoms with Gasteiger partial charge in [0.05, 0.1) is 29.0 Å². The Kier molecular flexibility index (Phi) is 3.89. The Balaban J connectivity index is 1.93. The Morgan fingerprint density at radius 1 is 1.30 bits per heavy atom. The van der Waals surface area contributed by atoms with Gasteiger partial charge in [-0.3, -0.25) is 4.90 Å². The van der Waals surface area contributed by atoms with Gasteiger partial charge in [-0.15, -0.1) is 0 Å². The second-order valence-corrected chi connectivity index (χ2v) is 6.23. The normalized spacial score (nSPS) is 21.7. The maximum Gasteiger partial charge on any atom is 0.407 e. The molecule has 0 saturated carbocycles. The standard InChI is InChI=1S/C15H17ClN4O3/c1-8-6-19(7-9(2)20(8)15(22)23)10-3-11-12(16)4-13(21)18-14(11)17-5-10/h3-5,8-9H,6-7H2,1-2H3,(H,22,23)(H,17,18,21)/t8-,9+. The molecule has 3 rings (SSSR count). The average molecular weight is 337 g/mol. The largest absolute Gasteiger partial charge is 0.493 e. The van der Waals surface area contributed by atoms with Gasteiger partial charge >= 0.3 is 6.09 Å². The first kappa shape index (κ1) is 15.6. The number of nitrogens with zero attached hydrogens (tertiary/aromatic N) is 4. The molecule has 8 heteroatoms. The van der Waals surface area contributed by atoms with E-state index in [-0.39, 0.29) is 18.0 Å². The molecular formula is C15H17ClN4O3. The fraction of sp³-hybridized carbons (Fsp3) is 0.400. The van der Waals surface area contributed by atoms with E-state index in [0.717, 1.165) is 5.69 Å². The van der Waals surface area contributed by atoms with Crippen LogP contribution in [0.5, 0.6) is 5.88 Å². The fourth-order valence-corrected chi connectivity index (χ4v) is 3.36. The van der Waals surface area contributed by atoms with Crippen molar-refractivity contribution >= 4 is 34.4 Å². The monoisotopic (exact) mass is 336 g/mol. The van der Waals surface area contributed by atoms with Gasteiger partial charge in [-0.2, -0.15) is 4.98 Å². The summed E-state index contributed by atoms with van der Waals surface area (Å²) in [6.07, 6.45) is 0.769. The van der Waals surface area contributed by atoms with Gasteiger partial charge in [-0.05, 0) is 19.9 Å². The molecule has 23 heavy (non-hydrogen) atoms. The number of amides is 1. The third-order valence-electron chi connectivity index (χ3n) is 4.09. The summed E-state index contributed by atoms with van der Waals surface area (Å²) in [6, 6.07) is 3.00. The molecule has 2 atom stereocenters. The summed E-state index contributed by atoms with van der Waals surface area (Å²) < 4.78 is 0. The first-order chi connectivity index (χ1) is 10.9. The van der Waals surface area contributed by atoms with E-state index >= 15 is 0 Å². The van der Waals surface area contributed by atoms with Crippen LogP contribution in [0.15, 0.2) is 18.3 Å². The second kappa shape index (κ2) is 5.73. The van der Waals surface area contributed by atoms with Crippen LogP contribution in [0.4, 0.5) is 10.5 Å². The van der Waals surface area contributed by atoms with Crippen molar-refractivity contribution in [2.24, 2.45) is 0 Å². The van der Waals surface area contributed by atoms with Crippen molar-refractivity contribution in [3.8, 4) is 5.88 Å². The Morgan fingerprint density at radius 3 is 2.57 bits per heavy atom. The van der Waals surface area contributed by atoms with Crippen molar-refractivity contribution in [2.75, 3.05) is 18.0 Å². The van der Waals surface area contributed by atoms with Crippen molar-refractivity contribution in [3.05, 3.63) is 23.4 Å². The number of hydrogen-bond donors (Lipinski definition) is 2. The summed E-state index contributed by atoms with van der Waals surface area (Å²) in [7, 11) is 0. The Labute approximate surface area is 138 Å². The minimum Gasteiger partial charge on any atom is -0.493 e. The lowest BCUT2D eigenvalue weighted by Gasteiger charge is -2.43. The van der Waals surface area contributed by atoms with E-state index in [2.05, 4.69) is 14.9 Å². The zero-order valence-electron chi connectivity index (χ0n) is 12.8. The summed E-state index contributed by atoms with van der Waals surface area (Å²) >= 11 is 6.15. The number of aromatic hydroxyl groups is 1. The van der Waals surface area contributed by atoms with Gasteiger partial charge in [0.1, 0.15) is 0 Å². The maximum atomic E-state index is 11.3. The predicted molar refractivity (Wildman–Crippen MR) is 87.2 cm³/mol. The molecule has 1 amide bonds. The van der Waals surface area contributed by atoms with E-state index in [1.165, 1.54) is 11.0 Å². The van der Waals surface area contributed by atoms with Crippen LogP contribution in [-0.2, 0) is 0 Å². The van der Waals surface area contributed by atoms with Crippen molar-refractivity contribution < 1.29 is 15.0 Å². The number of carboxylic acid groups (broad SMARTS) is 1. The zero-order chi connectivity index (χ0) is 16.7. The Bertz CT molecular complexity index is 758. The molecule has 2 aromatic rings. The topological polar surface area (TPSA) is 89.8 Å². The van der Waals surface area contributed by atoms with E-state index in [4.69, 9.17) is 11.6 Å². The summed E-state index contributed by atoms with van der Waals surface area (Å²) in [4.78, 5) is 23.1. The van der Waals surface area contributed by atoms with Crippen LogP contribution in [-0.4, -0.2) is 56.3 Å². The molecule has 122 valence electrons. The highest BCUT2D eigenvalue weighted by Gasteiger charge is 2.33. The van der Waals surface area contributed by atoms with Crippen LogP contribution in [0.2, 0.25) is 5.02 Å². The van der Waals surface area contributed by atoms with Gasteiger partial charge in [0.15, 0.2) is 5.65 Å². The predicted octanol–water partition coefficient (Wildman–Crippen LogP) is 2.57. The quantitative estimate of drug-likeness (QED) is 0.832. The molecule has 0 unspecified atom stereocenters. The van der Waals surface area contributed by atoms with E-state index < -0.39 is 6.09 Å². The first-order valence-electron chi connectivity index (χ1n) is 7.28. The number of fused-ring (bicyclic) bond motifs is 1. The van der Waals surface area contributed by atoms with Crippen LogP contribution in [0.25, 0.3) is 11.0 Å². The minimum atomic E-state index is -0.899. The van der Waals surface area contributed by atoms with Crippen molar-refractivity contribution in [1.29, 1.82) is 0 Å². The number of piperazine rings is 1. The Hall–Kier alpha value is -2.28. The summed E-state index contributed by atoms with van der Waals surface area (Å²) in [6.45, 7) is 4.93. The number of halogens is 1. The lowest BCUT2D eigenvalue weighted by Crippen LogP contribution is -2.58. The molecule has 0 aliphatic carbocycles. The van der Waals surface area contributed by atoms with Gasteiger partial charge in [0, 0.05) is 24.5 Å². The van der Waals surface area contributed by atoms with E-state index in [1.54, 1.807) is 6.20 Å². The van der Waals surface area contributed by atoms with E-state index in [9.17, 15) is 15.0 Å². The van der Waals surface area contributed by atoms with Gasteiger partial charge in [-0.1, -0.05) is 11.6 Å². The third-order valence-corrected chi connectivity index (χ3v) is 4.40. The highest BCUT2D eigenvalue weighted by Crippen LogP contribution is 2.29. The first-order valence-corrected chi connectivity index (χ1v) is 7.66. The SMILES string of the molecule is C[C@@H]1CN(c2cnc3nc(O)cc(Cl)c3c2)C[C@H](C)N1C(=O)O. The smallest absolute Gasteiger partial charge is 0.407 e. The van der Waals surface area contributed by atoms with Crippen molar-refractivity contribution in [2.45, 2.75) is 25.9 Å². The summed E-state index contributed by atoms with van der Waals surface area (Å²) in [5.41, 5.74) is 1.24. The van der Waals surface area contributed by atoms with Crippen LogP contribution in [0.1, 0.15) is 13.8 Å². The molecule has 3 heterocycles. The number of aromatic nitrogens is 2. The molecule has 0 radical (unpaired) electrons. The molecule has 0 aromatic carbocycles. The van der Waals surface area contributed by atoms with Gasteiger partial charge in [0.2, 0.25) is 5.88 Å². The fourth-order valence-electron chi connectivity index (χ4n) is 3.13. The summed E-state index contributed by atoms with van der Waals surface area (Å²) in [5.74, 6) is -0.167. The van der Waals surface area contributed by atoms with Crippen LogP contribution in [0, 0.1) is 0 Å². The Morgan fingerprint density at radius 2 is 1.96 bits per heavy atom. The molecule has 0 bridgehead atoms. The molecule has 2 aromatic heterocycles. The number of hydrogen-bond acceptors (Lipinski definition) is 5. The molecular weight excluding hydrogens is 320 g/mol. The highest BCUT2D eigenvalue weighted by atomic mass is 35.5. The van der Waals surface area contributed by atoms with E-state index in [0.29, 0.717) is 29.1 Å². The lowest BCUT2D eigenvalue weighted by atomic mass is 10.1. The van der Waals surface area contributed by atoms with Crippen LogP contribution in [0.3, 0.4) is 0 Å². The highest BCUT2D eigenvalue weighted by molar-refractivity contribution is 6.35. The van der Waals surface area contributed by atoms with Gasteiger partial charge < -0.3 is 15.1 Å². The van der Waals surface area contributed by atoms with Crippen LogP contribution < -0.4 is 4.90 Å². The molecule has 2 N–H and O–H groups in total. The van der Waals surface area contributed by atoms with Crippen LogP contribution >= 0.6 is 11.6 Å². The van der Waals surface area contributed by atoms with Crippen molar-refractivity contribution in [3.63, 3.8) is 0 Å².